The lowest BCUT2D eigenvalue weighted by atomic mass is 9.92. The molecule has 0 atom stereocenters. The Balaban J connectivity index is 1.19. The van der Waals surface area contributed by atoms with Crippen molar-refractivity contribution >= 4 is 43.6 Å². The minimum atomic E-state index is -4.57. The van der Waals surface area contributed by atoms with Crippen molar-refractivity contribution in [2.75, 3.05) is 0 Å². The van der Waals surface area contributed by atoms with Gasteiger partial charge < -0.3 is 9.13 Å². The Bertz CT molecular complexity index is 3800. The van der Waals surface area contributed by atoms with E-state index in [1.807, 2.05) is 84.9 Å². The number of nitrogens with zero attached hydrogens (tertiary/aromatic N) is 3. The number of rotatable bonds is 7. The molecule has 0 bridgehead atoms. The molecule has 328 valence electrons. The van der Waals surface area contributed by atoms with Gasteiger partial charge in [-0.1, -0.05) is 176 Å². The van der Waals surface area contributed by atoms with Crippen LogP contribution in [0, 0.1) is 18.3 Å². The van der Waals surface area contributed by atoms with Crippen LogP contribution in [-0.4, -0.2) is 9.13 Å². The number of hydrogen-bond acceptors (Lipinski definition) is 1. The second-order valence-corrected chi connectivity index (χ2v) is 17.5. The number of aromatic nitrogens is 2. The van der Waals surface area contributed by atoms with E-state index in [9.17, 15) is 18.4 Å². The third-order valence-electron chi connectivity index (χ3n) is 13.4. The molecule has 69 heavy (non-hydrogen) atoms. The summed E-state index contributed by atoms with van der Waals surface area (Å²) in [4.78, 5) is 0. The highest BCUT2D eigenvalue weighted by molar-refractivity contribution is 6.18. The van der Waals surface area contributed by atoms with Crippen LogP contribution in [0.4, 0.5) is 13.2 Å². The third kappa shape index (κ3) is 6.90. The summed E-state index contributed by atoms with van der Waals surface area (Å²) in [7, 11) is 0. The molecule has 2 heterocycles. The Kier molecular flexibility index (Phi) is 9.89. The maximum Gasteiger partial charge on any atom is 0.416 e. The second-order valence-electron chi connectivity index (χ2n) is 17.5. The number of alkyl halides is 3. The average molecular weight is 896 g/mol. The Morgan fingerprint density at radius 3 is 1.23 bits per heavy atom. The van der Waals surface area contributed by atoms with Gasteiger partial charge in [-0.15, -0.1) is 0 Å². The molecule has 0 N–H and O–H groups in total. The molecule has 0 spiro atoms. The van der Waals surface area contributed by atoms with Crippen LogP contribution >= 0.6 is 0 Å². The summed E-state index contributed by atoms with van der Waals surface area (Å²) in [6, 6.07) is 76.9. The van der Waals surface area contributed by atoms with E-state index in [4.69, 9.17) is 0 Å². The topological polar surface area (TPSA) is 33.6 Å². The fourth-order valence-corrected chi connectivity index (χ4v) is 10.5. The van der Waals surface area contributed by atoms with Gasteiger partial charge in [-0.25, -0.2) is 0 Å². The van der Waals surface area contributed by atoms with E-state index in [2.05, 4.69) is 137 Å². The van der Waals surface area contributed by atoms with Crippen molar-refractivity contribution in [2.24, 2.45) is 0 Å². The molecular formula is C63H40F3N3. The van der Waals surface area contributed by atoms with Crippen LogP contribution in [0.25, 0.3) is 111 Å². The molecular weight excluding hydrogens is 856 g/mol. The molecule has 0 amide bonds. The van der Waals surface area contributed by atoms with Gasteiger partial charge in [0.05, 0.1) is 39.0 Å². The summed E-state index contributed by atoms with van der Waals surface area (Å²) in [5.41, 5.74) is 14.1. The van der Waals surface area contributed by atoms with Crippen LogP contribution in [0.3, 0.4) is 0 Å². The number of para-hydroxylation sites is 2. The van der Waals surface area contributed by atoms with E-state index in [0.29, 0.717) is 33.6 Å². The molecule has 0 fully saturated rings. The average Bonchev–Trinajstić information content (AvgIpc) is 3.91. The largest absolute Gasteiger partial charge is 0.416 e. The zero-order valence-corrected chi connectivity index (χ0v) is 37.3. The molecule has 0 aliphatic carbocycles. The first kappa shape index (κ1) is 41.5. The van der Waals surface area contributed by atoms with E-state index in [0.717, 1.165) is 88.1 Å². The van der Waals surface area contributed by atoms with Crippen LogP contribution in [-0.2, 0) is 6.18 Å². The Morgan fingerprint density at radius 1 is 0.377 bits per heavy atom. The van der Waals surface area contributed by atoms with Crippen LogP contribution in [0.2, 0.25) is 0 Å². The predicted molar refractivity (Wildman–Crippen MR) is 277 cm³/mol. The Hall–Kier alpha value is -8.92. The normalized spacial score (nSPS) is 11.8. The van der Waals surface area contributed by atoms with Crippen molar-refractivity contribution in [3.63, 3.8) is 0 Å². The van der Waals surface area contributed by atoms with Crippen molar-refractivity contribution in [1.82, 2.24) is 9.13 Å². The van der Waals surface area contributed by atoms with Crippen molar-refractivity contribution in [3.05, 3.63) is 241 Å². The maximum atomic E-state index is 14.7. The SMILES string of the molecule is Cc1cc(-c2cc(-n3c4ccccc4c4c(-c5ccccc5-c5ccccc5)cccc43)c(C#N)c(-n3c4ccccc4c4c(-c5ccccc5-c5ccccc5)cccc43)c2)cc(C(F)(F)F)c1. The first-order valence-electron chi connectivity index (χ1n) is 22.9. The number of fused-ring (bicyclic) bond motifs is 6. The second kappa shape index (κ2) is 16.4. The van der Waals surface area contributed by atoms with Crippen molar-refractivity contribution in [3.8, 4) is 73.1 Å². The van der Waals surface area contributed by atoms with Crippen LogP contribution in [0.15, 0.2) is 224 Å². The zero-order valence-electron chi connectivity index (χ0n) is 37.3. The summed E-state index contributed by atoms with van der Waals surface area (Å²) < 4.78 is 48.2. The minimum Gasteiger partial charge on any atom is -0.308 e. The van der Waals surface area contributed by atoms with E-state index >= 15 is 0 Å². The molecule has 12 rings (SSSR count). The lowest BCUT2D eigenvalue weighted by Crippen LogP contribution is -2.07. The van der Waals surface area contributed by atoms with Gasteiger partial charge in [0.1, 0.15) is 11.6 Å². The fraction of sp³-hybridized carbons (Fsp3) is 0.0317. The Morgan fingerprint density at radius 2 is 0.768 bits per heavy atom. The number of halogens is 3. The highest BCUT2D eigenvalue weighted by atomic mass is 19.4. The standard InChI is InChI=1S/C63H40F3N3/c1-40-34-43(36-45(35-40)63(64,65)66)44-37-59(68-55-30-14-12-26-52(55)61-50(28-16-32-57(61)68)48-24-10-8-22-46(48)41-18-4-2-5-19-41)54(39-67)60(38-44)69-56-31-15-13-27-53(56)62-51(29-17-33-58(62)69)49-25-11-9-23-47(49)42-20-6-3-7-21-42/h2-38H,1H3. The summed E-state index contributed by atoms with van der Waals surface area (Å²) in [6.45, 7) is 1.69. The first-order chi connectivity index (χ1) is 33.8. The summed E-state index contributed by atoms with van der Waals surface area (Å²) in [5.74, 6) is 0. The predicted octanol–water partition coefficient (Wildman–Crippen LogP) is 17.4. The monoisotopic (exact) mass is 895 g/mol. The molecule has 10 aromatic carbocycles. The van der Waals surface area contributed by atoms with Crippen LogP contribution in [0.5, 0.6) is 0 Å². The highest BCUT2D eigenvalue weighted by Gasteiger charge is 2.32. The summed E-state index contributed by atoms with van der Waals surface area (Å²) in [6.07, 6.45) is -4.57. The van der Waals surface area contributed by atoms with Gasteiger partial charge in [0.2, 0.25) is 0 Å². The molecule has 0 unspecified atom stereocenters. The summed E-state index contributed by atoms with van der Waals surface area (Å²) in [5, 5.41) is 15.7. The number of nitriles is 1. The van der Waals surface area contributed by atoms with Crippen molar-refractivity contribution in [2.45, 2.75) is 13.1 Å². The van der Waals surface area contributed by atoms with Crippen molar-refractivity contribution < 1.29 is 13.2 Å². The van der Waals surface area contributed by atoms with E-state index in [-0.39, 0.29) is 0 Å². The Labute approximate surface area is 396 Å². The summed E-state index contributed by atoms with van der Waals surface area (Å²) >= 11 is 0. The van der Waals surface area contributed by atoms with E-state index in [1.54, 1.807) is 13.0 Å². The van der Waals surface area contributed by atoms with Gasteiger partial charge in [0.25, 0.3) is 0 Å². The van der Waals surface area contributed by atoms with Crippen LogP contribution in [0.1, 0.15) is 16.7 Å². The smallest absolute Gasteiger partial charge is 0.308 e. The molecule has 12 aromatic rings. The van der Waals surface area contributed by atoms with Gasteiger partial charge in [0.15, 0.2) is 0 Å². The minimum absolute atomic E-state index is 0.373. The number of aryl methyl sites for hydroxylation is 1. The molecule has 0 radical (unpaired) electrons. The molecule has 0 aliphatic heterocycles. The lowest BCUT2D eigenvalue weighted by molar-refractivity contribution is -0.137. The third-order valence-corrected chi connectivity index (χ3v) is 13.4. The first-order valence-corrected chi connectivity index (χ1v) is 22.9. The molecule has 6 heteroatoms. The zero-order chi connectivity index (χ0) is 46.8. The van der Waals surface area contributed by atoms with Crippen molar-refractivity contribution in [1.29, 1.82) is 5.26 Å². The number of hydrogen-bond donors (Lipinski definition) is 0. The maximum absolute atomic E-state index is 14.7. The number of benzene rings is 10. The lowest BCUT2D eigenvalue weighted by Gasteiger charge is -2.19. The van der Waals surface area contributed by atoms with E-state index in [1.165, 1.54) is 12.1 Å². The van der Waals surface area contributed by atoms with Crippen LogP contribution < -0.4 is 0 Å². The highest BCUT2D eigenvalue weighted by Crippen LogP contribution is 2.46. The molecule has 0 aliphatic rings. The molecule has 0 saturated heterocycles. The van der Waals surface area contributed by atoms with E-state index < -0.39 is 11.7 Å². The molecule has 3 nitrogen and oxygen atoms in total. The van der Waals surface area contributed by atoms with Gasteiger partial charge in [-0.3, -0.25) is 0 Å². The van der Waals surface area contributed by atoms with Gasteiger partial charge in [0, 0.05) is 21.5 Å². The quantitative estimate of drug-likeness (QED) is 0.157. The van der Waals surface area contributed by atoms with Gasteiger partial charge >= 0.3 is 6.18 Å². The van der Waals surface area contributed by atoms with Gasteiger partial charge in [-0.2, -0.15) is 18.4 Å². The molecule has 0 saturated carbocycles. The molecule has 2 aromatic heterocycles. The van der Waals surface area contributed by atoms with Gasteiger partial charge in [-0.05, 0) is 117 Å². The fourth-order valence-electron chi connectivity index (χ4n) is 10.5.